The van der Waals surface area contributed by atoms with Crippen LogP contribution in [0.1, 0.15) is 24.0 Å². The molecule has 146 valence electrons. The fourth-order valence-electron chi connectivity index (χ4n) is 2.95. The molecule has 1 fully saturated rings. The normalized spacial score (nSPS) is 13.5. The van der Waals surface area contributed by atoms with Crippen molar-refractivity contribution in [2.75, 3.05) is 23.4 Å². The molecule has 0 spiro atoms. The van der Waals surface area contributed by atoms with E-state index in [1.54, 1.807) is 48.2 Å². The SMILES string of the molecule is Cc1ccc(NC(=O)COC(=O)Cc2ccc(N3CCCC3=O)cc2)cc1F. The summed E-state index contributed by atoms with van der Waals surface area (Å²) < 4.78 is 18.4. The van der Waals surface area contributed by atoms with Crippen molar-refractivity contribution in [3.05, 3.63) is 59.4 Å². The van der Waals surface area contributed by atoms with Gasteiger partial charge in [0.1, 0.15) is 5.82 Å². The first-order chi connectivity index (χ1) is 13.4. The molecule has 7 heteroatoms. The molecule has 0 radical (unpaired) electrons. The molecule has 0 saturated carbocycles. The van der Waals surface area contributed by atoms with Crippen molar-refractivity contribution in [1.29, 1.82) is 0 Å². The van der Waals surface area contributed by atoms with Crippen LogP contribution in [-0.2, 0) is 25.5 Å². The van der Waals surface area contributed by atoms with Crippen molar-refractivity contribution in [2.24, 2.45) is 0 Å². The Morgan fingerprint density at radius 3 is 2.57 bits per heavy atom. The molecule has 0 aromatic heterocycles. The van der Waals surface area contributed by atoms with Gasteiger partial charge in [-0.05, 0) is 48.7 Å². The zero-order valence-electron chi connectivity index (χ0n) is 15.5. The number of hydrogen-bond donors (Lipinski definition) is 1. The van der Waals surface area contributed by atoms with Gasteiger partial charge in [0.05, 0.1) is 6.42 Å². The Bertz CT molecular complexity index is 896. The first-order valence-electron chi connectivity index (χ1n) is 9.03. The van der Waals surface area contributed by atoms with Crippen molar-refractivity contribution in [1.82, 2.24) is 0 Å². The Labute approximate surface area is 162 Å². The first kappa shape index (κ1) is 19.5. The van der Waals surface area contributed by atoms with E-state index in [4.69, 9.17) is 4.74 Å². The molecular formula is C21H21FN2O4. The second-order valence-corrected chi connectivity index (χ2v) is 6.66. The quantitative estimate of drug-likeness (QED) is 0.777. The number of benzene rings is 2. The number of esters is 1. The second-order valence-electron chi connectivity index (χ2n) is 6.66. The molecule has 0 aliphatic carbocycles. The molecule has 1 aliphatic rings. The molecule has 1 saturated heterocycles. The lowest BCUT2D eigenvalue weighted by Crippen LogP contribution is -2.23. The van der Waals surface area contributed by atoms with Gasteiger partial charge in [-0.2, -0.15) is 0 Å². The summed E-state index contributed by atoms with van der Waals surface area (Å²) in [5, 5.41) is 2.48. The number of aryl methyl sites for hydroxylation is 1. The molecule has 0 unspecified atom stereocenters. The first-order valence-corrected chi connectivity index (χ1v) is 9.03. The maximum absolute atomic E-state index is 13.5. The summed E-state index contributed by atoms with van der Waals surface area (Å²) in [7, 11) is 0. The highest BCUT2D eigenvalue weighted by molar-refractivity contribution is 5.95. The number of nitrogens with one attached hydrogen (secondary N) is 1. The molecule has 28 heavy (non-hydrogen) atoms. The van der Waals surface area contributed by atoms with E-state index >= 15 is 0 Å². The largest absolute Gasteiger partial charge is 0.455 e. The van der Waals surface area contributed by atoms with Gasteiger partial charge < -0.3 is 15.0 Å². The third-order valence-corrected chi connectivity index (χ3v) is 4.49. The van der Waals surface area contributed by atoms with Crippen LogP contribution in [0.25, 0.3) is 0 Å². The molecule has 1 N–H and O–H groups in total. The summed E-state index contributed by atoms with van der Waals surface area (Å²) in [6, 6.07) is 11.5. The summed E-state index contributed by atoms with van der Waals surface area (Å²) in [6.45, 7) is 1.88. The fraction of sp³-hybridized carbons (Fsp3) is 0.286. The summed E-state index contributed by atoms with van der Waals surface area (Å²) >= 11 is 0. The number of nitrogens with zero attached hydrogens (tertiary/aromatic N) is 1. The van der Waals surface area contributed by atoms with E-state index in [9.17, 15) is 18.8 Å². The van der Waals surface area contributed by atoms with Crippen LogP contribution in [0, 0.1) is 12.7 Å². The third-order valence-electron chi connectivity index (χ3n) is 4.49. The Balaban J connectivity index is 1.46. The average molecular weight is 384 g/mol. The van der Waals surface area contributed by atoms with Gasteiger partial charge in [-0.1, -0.05) is 18.2 Å². The van der Waals surface area contributed by atoms with E-state index < -0.39 is 24.3 Å². The number of carbonyl (C=O) groups is 3. The van der Waals surface area contributed by atoms with Gasteiger partial charge in [-0.15, -0.1) is 0 Å². The minimum Gasteiger partial charge on any atom is -0.455 e. The van der Waals surface area contributed by atoms with Crippen molar-refractivity contribution in [3.63, 3.8) is 0 Å². The van der Waals surface area contributed by atoms with Gasteiger partial charge in [0, 0.05) is 24.3 Å². The third kappa shape index (κ3) is 4.94. The summed E-state index contributed by atoms with van der Waals surface area (Å²) in [5.41, 5.74) is 2.31. The van der Waals surface area contributed by atoms with Gasteiger partial charge in [-0.3, -0.25) is 14.4 Å². The van der Waals surface area contributed by atoms with E-state index in [0.717, 1.165) is 17.7 Å². The highest BCUT2D eigenvalue weighted by Crippen LogP contribution is 2.21. The number of carbonyl (C=O) groups excluding carboxylic acids is 3. The number of amides is 2. The van der Waals surface area contributed by atoms with Crippen LogP contribution in [0.15, 0.2) is 42.5 Å². The molecule has 1 aliphatic heterocycles. The topological polar surface area (TPSA) is 75.7 Å². The van der Waals surface area contributed by atoms with Crippen LogP contribution in [-0.4, -0.2) is 30.9 Å². The van der Waals surface area contributed by atoms with Crippen molar-refractivity contribution >= 4 is 29.2 Å². The minimum atomic E-state index is -0.546. The zero-order chi connectivity index (χ0) is 20.1. The van der Waals surface area contributed by atoms with E-state index in [0.29, 0.717) is 24.2 Å². The average Bonchev–Trinajstić information content (AvgIpc) is 3.10. The predicted molar refractivity (Wildman–Crippen MR) is 102 cm³/mol. The van der Waals surface area contributed by atoms with Gasteiger partial charge in [0.2, 0.25) is 5.91 Å². The van der Waals surface area contributed by atoms with Gasteiger partial charge in [-0.25, -0.2) is 4.39 Å². The lowest BCUT2D eigenvalue weighted by atomic mass is 10.1. The maximum Gasteiger partial charge on any atom is 0.310 e. The molecule has 2 aromatic carbocycles. The number of hydrogen-bond acceptors (Lipinski definition) is 4. The number of ether oxygens (including phenoxy) is 1. The standard InChI is InChI=1S/C21H21FN2O4/c1-14-4-7-16(12-18(14)22)23-19(25)13-28-21(27)11-15-5-8-17(9-6-15)24-10-2-3-20(24)26/h4-9,12H,2-3,10-11,13H2,1H3,(H,23,25). The van der Waals surface area contributed by atoms with E-state index in [2.05, 4.69) is 5.32 Å². The minimum absolute atomic E-state index is 0.0145. The van der Waals surface area contributed by atoms with E-state index in [1.807, 2.05) is 0 Å². The lowest BCUT2D eigenvalue weighted by Gasteiger charge is -2.15. The summed E-state index contributed by atoms with van der Waals surface area (Å²) in [5.74, 6) is -1.41. The second kappa shape index (κ2) is 8.65. The Morgan fingerprint density at radius 2 is 1.93 bits per heavy atom. The zero-order valence-corrected chi connectivity index (χ0v) is 15.5. The number of halogens is 1. The molecule has 1 heterocycles. The smallest absolute Gasteiger partial charge is 0.310 e. The highest BCUT2D eigenvalue weighted by atomic mass is 19.1. The molecule has 2 aromatic rings. The van der Waals surface area contributed by atoms with Crippen LogP contribution in [0.3, 0.4) is 0 Å². The van der Waals surface area contributed by atoms with Crippen molar-refractivity contribution in [2.45, 2.75) is 26.2 Å². The molecule has 6 nitrogen and oxygen atoms in total. The highest BCUT2D eigenvalue weighted by Gasteiger charge is 2.21. The van der Waals surface area contributed by atoms with Crippen LogP contribution < -0.4 is 10.2 Å². The van der Waals surface area contributed by atoms with Gasteiger partial charge >= 0.3 is 5.97 Å². The number of rotatable bonds is 6. The predicted octanol–water partition coefficient (Wildman–Crippen LogP) is 2.99. The molecule has 2 amide bonds. The fourth-order valence-corrected chi connectivity index (χ4v) is 2.95. The van der Waals surface area contributed by atoms with Crippen LogP contribution in [0.2, 0.25) is 0 Å². The van der Waals surface area contributed by atoms with Gasteiger partial charge in [0.25, 0.3) is 5.91 Å². The molecular weight excluding hydrogens is 363 g/mol. The summed E-state index contributed by atoms with van der Waals surface area (Å²) in [4.78, 5) is 37.2. The van der Waals surface area contributed by atoms with Gasteiger partial charge in [0.15, 0.2) is 6.61 Å². The molecule has 0 atom stereocenters. The van der Waals surface area contributed by atoms with Crippen LogP contribution in [0.5, 0.6) is 0 Å². The molecule has 0 bridgehead atoms. The maximum atomic E-state index is 13.5. The van der Waals surface area contributed by atoms with E-state index in [-0.39, 0.29) is 12.3 Å². The van der Waals surface area contributed by atoms with Crippen molar-refractivity contribution in [3.8, 4) is 0 Å². The Morgan fingerprint density at radius 1 is 1.18 bits per heavy atom. The van der Waals surface area contributed by atoms with Crippen molar-refractivity contribution < 1.29 is 23.5 Å². The monoisotopic (exact) mass is 384 g/mol. The Kier molecular flexibility index (Phi) is 6.03. The lowest BCUT2D eigenvalue weighted by molar-refractivity contribution is -0.146. The van der Waals surface area contributed by atoms with E-state index in [1.165, 1.54) is 6.07 Å². The van der Waals surface area contributed by atoms with Crippen LogP contribution >= 0.6 is 0 Å². The Hall–Kier alpha value is -3.22. The summed E-state index contributed by atoms with van der Waals surface area (Å²) in [6.07, 6.45) is 1.43. The van der Waals surface area contributed by atoms with Crippen LogP contribution in [0.4, 0.5) is 15.8 Å². The molecule has 3 rings (SSSR count). The number of anilines is 2.